The van der Waals surface area contributed by atoms with Gasteiger partial charge < -0.3 is 38.4 Å². The molecule has 4 saturated heterocycles. The summed E-state index contributed by atoms with van der Waals surface area (Å²) in [5.74, 6) is -0.998. The first-order chi connectivity index (χ1) is 22.4. The lowest BCUT2D eigenvalue weighted by Gasteiger charge is -2.48. The van der Waals surface area contributed by atoms with Gasteiger partial charge in [0.2, 0.25) is 5.91 Å². The number of likely N-dealkylation sites (N-methyl/N-ethyl adjacent to an activating group) is 2. The number of ketones is 1. The average molecular weight is 681 g/mol. The topological polar surface area (TPSA) is 110 Å². The fourth-order valence-electron chi connectivity index (χ4n) is 8.64. The second-order valence-corrected chi connectivity index (χ2v) is 16.3. The van der Waals surface area contributed by atoms with E-state index in [1.54, 1.807) is 28.1 Å². The number of hydrogen-bond acceptors (Lipinski definition) is 11. The van der Waals surface area contributed by atoms with Gasteiger partial charge in [-0.15, -0.1) is 0 Å². The van der Waals surface area contributed by atoms with Gasteiger partial charge >= 0.3 is 5.97 Å². The second-order valence-electron chi connectivity index (χ2n) is 16.3. The third-order valence-electron chi connectivity index (χ3n) is 11.7. The van der Waals surface area contributed by atoms with Crippen LogP contribution >= 0.6 is 0 Å². The Labute approximate surface area is 289 Å². The van der Waals surface area contributed by atoms with Crippen LogP contribution in [0.5, 0.6) is 0 Å². The van der Waals surface area contributed by atoms with Crippen molar-refractivity contribution in [1.82, 2.24) is 19.6 Å². The molecule has 10 atom stereocenters. The van der Waals surface area contributed by atoms with Crippen LogP contribution in [0.25, 0.3) is 0 Å². The highest BCUT2D eigenvalue weighted by Gasteiger charge is 2.52. The minimum Gasteiger partial charge on any atom is -0.463 e. The Morgan fingerprint density at radius 1 is 1.00 bits per heavy atom. The van der Waals surface area contributed by atoms with Gasteiger partial charge in [0, 0.05) is 64.3 Å². The Kier molecular flexibility index (Phi) is 12.8. The van der Waals surface area contributed by atoms with E-state index in [0.29, 0.717) is 26.1 Å². The minimum atomic E-state index is -1.43. The maximum absolute atomic E-state index is 14.3. The van der Waals surface area contributed by atoms with Crippen molar-refractivity contribution in [2.24, 2.45) is 29.1 Å². The number of cyclic esters (lactones) is 1. The average Bonchev–Trinajstić information content (AvgIpc) is 3.44. The van der Waals surface area contributed by atoms with Gasteiger partial charge in [-0.05, 0) is 87.6 Å². The van der Waals surface area contributed by atoms with Crippen LogP contribution in [0, 0.1) is 29.1 Å². The largest absolute Gasteiger partial charge is 0.463 e. The van der Waals surface area contributed by atoms with Crippen LogP contribution in [0.4, 0.5) is 0 Å². The monoisotopic (exact) mass is 680 g/mol. The lowest BCUT2D eigenvalue weighted by molar-refractivity contribution is -0.299. The molecular formula is C36H64N4O8. The Morgan fingerprint density at radius 3 is 2.23 bits per heavy atom. The van der Waals surface area contributed by atoms with Gasteiger partial charge in [0.15, 0.2) is 12.1 Å². The second kappa shape index (κ2) is 15.7. The Balaban J connectivity index is 1.60. The summed E-state index contributed by atoms with van der Waals surface area (Å²) in [6, 6.07) is -0.0503. The highest BCUT2D eigenvalue weighted by atomic mass is 16.7. The quantitative estimate of drug-likeness (QED) is 0.292. The van der Waals surface area contributed by atoms with Crippen LogP contribution in [0.1, 0.15) is 60.8 Å². The summed E-state index contributed by atoms with van der Waals surface area (Å²) in [5, 5.41) is 0. The molecule has 2 unspecified atom stereocenters. The zero-order chi connectivity index (χ0) is 35.7. The maximum Gasteiger partial charge on any atom is 0.319 e. The van der Waals surface area contributed by atoms with E-state index in [2.05, 4.69) is 35.7 Å². The SMILES string of the molecule is CO[C@H]1C(O[C@@H]2[C@@H](C)C(=O)C(C)(C)C(=O)OC[C@@H](C3CN(C(=O)[C@H]4CCN(C)C4)C3)N(C)C[C@H](C)C[C@@]2(C)OC)O[C@H](C)CC1N(C)C. The predicted molar refractivity (Wildman–Crippen MR) is 182 cm³/mol. The number of amides is 1. The number of esters is 1. The van der Waals surface area contributed by atoms with Crippen LogP contribution in [-0.4, -0.2) is 161 Å². The number of Topliss-reactive ketones (excluding diaryl/α,β-unsaturated/α-hetero) is 1. The number of likely N-dealkylation sites (tertiary alicyclic amines) is 2. The highest BCUT2D eigenvalue weighted by molar-refractivity contribution is 6.04. The van der Waals surface area contributed by atoms with E-state index in [0.717, 1.165) is 25.9 Å². The normalized spacial score (nSPS) is 39.8. The summed E-state index contributed by atoms with van der Waals surface area (Å²) >= 11 is 0. The van der Waals surface area contributed by atoms with Crippen molar-refractivity contribution < 1.29 is 38.1 Å². The molecular weight excluding hydrogens is 616 g/mol. The number of methoxy groups -OCH3 is 2. The number of rotatable bonds is 7. The molecule has 0 aromatic heterocycles. The van der Waals surface area contributed by atoms with Crippen LogP contribution < -0.4 is 0 Å². The molecule has 0 aromatic carbocycles. The van der Waals surface area contributed by atoms with Gasteiger partial charge in [0.25, 0.3) is 0 Å². The molecule has 0 spiro atoms. The van der Waals surface area contributed by atoms with E-state index in [1.807, 2.05) is 39.8 Å². The van der Waals surface area contributed by atoms with Gasteiger partial charge in [-0.2, -0.15) is 0 Å². The van der Waals surface area contributed by atoms with Gasteiger partial charge in [0.1, 0.15) is 18.1 Å². The lowest BCUT2D eigenvalue weighted by Crippen LogP contribution is -2.60. The van der Waals surface area contributed by atoms with Gasteiger partial charge in [0.05, 0.1) is 23.7 Å². The first-order valence-electron chi connectivity index (χ1n) is 17.9. The van der Waals surface area contributed by atoms with Crippen LogP contribution in [0.15, 0.2) is 0 Å². The van der Waals surface area contributed by atoms with E-state index in [9.17, 15) is 14.4 Å². The van der Waals surface area contributed by atoms with Crippen molar-refractivity contribution in [2.75, 3.05) is 81.7 Å². The number of carbonyl (C=O) groups excluding carboxylic acids is 3. The minimum absolute atomic E-state index is 0.0477. The van der Waals surface area contributed by atoms with Gasteiger partial charge in [-0.1, -0.05) is 13.8 Å². The molecule has 0 aliphatic carbocycles. The Hall–Kier alpha value is -1.67. The summed E-state index contributed by atoms with van der Waals surface area (Å²) in [6.45, 7) is 15.2. The molecule has 4 fully saturated rings. The van der Waals surface area contributed by atoms with Gasteiger partial charge in [-0.3, -0.25) is 19.3 Å². The predicted octanol–water partition coefficient (Wildman–Crippen LogP) is 2.38. The zero-order valence-electron chi connectivity index (χ0n) is 31.7. The molecule has 1 amide bonds. The number of hydrogen-bond donors (Lipinski definition) is 0. The fraction of sp³-hybridized carbons (Fsp3) is 0.917. The summed E-state index contributed by atoms with van der Waals surface area (Å²) in [7, 11) is 11.5. The fourth-order valence-corrected chi connectivity index (χ4v) is 8.64. The molecule has 4 rings (SSSR count). The van der Waals surface area contributed by atoms with Crippen molar-refractivity contribution in [3.8, 4) is 0 Å². The van der Waals surface area contributed by atoms with E-state index in [-0.39, 0.29) is 54.2 Å². The van der Waals surface area contributed by atoms with Crippen LogP contribution in [0.2, 0.25) is 0 Å². The highest BCUT2D eigenvalue weighted by Crippen LogP contribution is 2.39. The number of nitrogens with zero attached hydrogens (tertiary/aromatic N) is 4. The third kappa shape index (κ3) is 8.27. The lowest BCUT2D eigenvalue weighted by atomic mass is 9.74. The molecule has 4 heterocycles. The Morgan fingerprint density at radius 2 is 1.67 bits per heavy atom. The molecule has 0 radical (unpaired) electrons. The van der Waals surface area contributed by atoms with Crippen LogP contribution in [0.3, 0.4) is 0 Å². The molecule has 0 bridgehead atoms. The summed E-state index contributed by atoms with van der Waals surface area (Å²) in [5.41, 5.74) is -2.33. The van der Waals surface area contributed by atoms with Crippen molar-refractivity contribution >= 4 is 17.7 Å². The molecule has 4 aliphatic heterocycles. The first-order valence-corrected chi connectivity index (χ1v) is 17.9. The van der Waals surface area contributed by atoms with Crippen molar-refractivity contribution in [2.45, 2.75) is 103 Å². The third-order valence-corrected chi connectivity index (χ3v) is 11.7. The standard InChI is InChI=1S/C36H64N4O8/c1-22-16-36(6,45-12)31(48-33-29(44-11)27(37(7)8)15-23(2)47-33)24(3)30(41)35(4,5)34(43)46-21-28(39(10)17-22)26-19-40(20-26)32(42)25-13-14-38(9)18-25/h22-29,31,33H,13-21H2,1-12H3/t22-,23-,24+,25+,27?,28+,29-,31-,33?,36-/m1/s1. The summed E-state index contributed by atoms with van der Waals surface area (Å²) in [4.78, 5) is 49.8. The zero-order valence-corrected chi connectivity index (χ0v) is 31.7. The molecule has 48 heavy (non-hydrogen) atoms. The van der Waals surface area contributed by atoms with E-state index >= 15 is 0 Å². The summed E-state index contributed by atoms with van der Waals surface area (Å²) < 4.78 is 31.5. The van der Waals surface area contributed by atoms with E-state index in [1.165, 1.54) is 0 Å². The van der Waals surface area contributed by atoms with Crippen LogP contribution in [-0.2, 0) is 38.1 Å². The maximum atomic E-state index is 14.3. The molecule has 12 heteroatoms. The molecule has 12 nitrogen and oxygen atoms in total. The van der Waals surface area contributed by atoms with Crippen molar-refractivity contribution in [3.05, 3.63) is 0 Å². The molecule has 0 saturated carbocycles. The van der Waals surface area contributed by atoms with E-state index in [4.69, 9.17) is 23.7 Å². The molecule has 0 aromatic rings. The van der Waals surface area contributed by atoms with Gasteiger partial charge in [-0.25, -0.2) is 0 Å². The number of ether oxygens (including phenoxy) is 5. The molecule has 276 valence electrons. The van der Waals surface area contributed by atoms with E-state index < -0.39 is 41.4 Å². The van der Waals surface area contributed by atoms with Crippen molar-refractivity contribution in [3.63, 3.8) is 0 Å². The van der Waals surface area contributed by atoms with Crippen molar-refractivity contribution in [1.29, 1.82) is 0 Å². The summed E-state index contributed by atoms with van der Waals surface area (Å²) in [6.07, 6.45) is 0.297. The molecule has 0 N–H and O–H groups in total. The number of carbonyl (C=O) groups is 3. The molecule has 4 aliphatic rings. The smallest absolute Gasteiger partial charge is 0.319 e. The first kappa shape index (κ1) is 39.1. The Bertz CT molecular complexity index is 1130.